The van der Waals surface area contributed by atoms with Gasteiger partial charge in [-0.3, -0.25) is 4.90 Å². The molecule has 118 valence electrons. The first-order chi connectivity index (χ1) is 9.88. The number of ether oxygens (including phenoxy) is 1. The first kappa shape index (κ1) is 16.1. The zero-order valence-corrected chi connectivity index (χ0v) is 12.3. The van der Waals surface area contributed by atoms with Crippen molar-refractivity contribution in [2.24, 2.45) is 5.14 Å². The van der Waals surface area contributed by atoms with Gasteiger partial charge in [-0.05, 0) is 38.1 Å². The molecule has 0 amide bonds. The highest BCUT2D eigenvalue weighted by atomic mass is 32.2. The predicted octanol–water partition coefficient (Wildman–Crippen LogP) is 1.48. The van der Waals surface area contributed by atoms with Gasteiger partial charge in [0, 0.05) is 6.54 Å². The molecule has 0 bridgehead atoms. The van der Waals surface area contributed by atoms with Gasteiger partial charge in [0.25, 0.3) is 0 Å². The summed E-state index contributed by atoms with van der Waals surface area (Å²) < 4.78 is 54.7. The van der Waals surface area contributed by atoms with E-state index in [9.17, 15) is 17.2 Å². The molecule has 5 nitrogen and oxygen atoms in total. The molecule has 2 N–H and O–H groups in total. The summed E-state index contributed by atoms with van der Waals surface area (Å²) >= 11 is 0. The molecule has 21 heavy (non-hydrogen) atoms. The molecular formula is C13H18F2N2O3S. The van der Waals surface area contributed by atoms with Crippen molar-refractivity contribution in [1.82, 2.24) is 4.90 Å². The van der Waals surface area contributed by atoms with E-state index in [4.69, 9.17) is 9.88 Å². The Balaban J connectivity index is 2.00. The Hall–Kier alpha value is -1.25. The average Bonchev–Trinajstić information content (AvgIpc) is 2.42. The SMILES string of the molecule is NS(=O)(=O)c1cc(F)c(OCCN2CCCCC2)c(F)c1. The molecule has 2 rings (SSSR count). The Morgan fingerprint density at radius 2 is 1.71 bits per heavy atom. The lowest BCUT2D eigenvalue weighted by Gasteiger charge is -2.26. The molecule has 0 atom stereocenters. The van der Waals surface area contributed by atoms with Crippen molar-refractivity contribution in [3.8, 4) is 5.75 Å². The highest BCUT2D eigenvalue weighted by molar-refractivity contribution is 7.89. The predicted molar refractivity (Wildman–Crippen MR) is 73.5 cm³/mol. The van der Waals surface area contributed by atoms with E-state index in [1.165, 1.54) is 6.42 Å². The molecule has 0 radical (unpaired) electrons. The van der Waals surface area contributed by atoms with Crippen LogP contribution in [0.4, 0.5) is 8.78 Å². The summed E-state index contributed by atoms with van der Waals surface area (Å²) in [5.74, 6) is -2.71. The van der Waals surface area contributed by atoms with Gasteiger partial charge in [0.15, 0.2) is 17.4 Å². The summed E-state index contributed by atoms with van der Waals surface area (Å²) in [5.41, 5.74) is 0. The highest BCUT2D eigenvalue weighted by Crippen LogP contribution is 2.25. The lowest BCUT2D eigenvalue weighted by atomic mass is 10.1. The molecule has 0 aromatic heterocycles. The molecule has 0 unspecified atom stereocenters. The Morgan fingerprint density at radius 3 is 2.24 bits per heavy atom. The molecule has 0 aliphatic carbocycles. The van der Waals surface area contributed by atoms with Crippen molar-refractivity contribution < 1.29 is 21.9 Å². The summed E-state index contributed by atoms with van der Waals surface area (Å²) in [4.78, 5) is 1.55. The van der Waals surface area contributed by atoms with Crippen molar-refractivity contribution in [1.29, 1.82) is 0 Å². The number of nitrogens with zero attached hydrogens (tertiary/aromatic N) is 1. The Labute approximate surface area is 122 Å². The van der Waals surface area contributed by atoms with Crippen LogP contribution in [-0.2, 0) is 10.0 Å². The van der Waals surface area contributed by atoms with Crippen LogP contribution < -0.4 is 9.88 Å². The number of sulfonamides is 1. The topological polar surface area (TPSA) is 72.6 Å². The zero-order valence-electron chi connectivity index (χ0n) is 11.5. The van der Waals surface area contributed by atoms with Gasteiger partial charge < -0.3 is 4.74 Å². The number of rotatable bonds is 5. The lowest BCUT2D eigenvalue weighted by molar-refractivity contribution is 0.177. The minimum atomic E-state index is -4.15. The molecule has 8 heteroatoms. The minimum absolute atomic E-state index is 0.141. The summed E-state index contributed by atoms with van der Waals surface area (Å²) in [7, 11) is -4.15. The molecular weight excluding hydrogens is 302 g/mol. The number of nitrogens with two attached hydrogens (primary N) is 1. The van der Waals surface area contributed by atoms with Crippen molar-refractivity contribution in [2.75, 3.05) is 26.2 Å². The Bertz CT molecular complexity index is 578. The Kier molecular flexibility index (Phi) is 5.13. The van der Waals surface area contributed by atoms with Crippen LogP contribution in [0.25, 0.3) is 0 Å². The van der Waals surface area contributed by atoms with Crippen molar-refractivity contribution in [3.63, 3.8) is 0 Å². The molecule has 1 aromatic rings. The van der Waals surface area contributed by atoms with E-state index in [1.54, 1.807) is 0 Å². The van der Waals surface area contributed by atoms with Crippen LogP contribution in [0.5, 0.6) is 5.75 Å². The third-order valence-corrected chi connectivity index (χ3v) is 4.30. The second-order valence-electron chi connectivity index (χ2n) is 5.01. The monoisotopic (exact) mass is 320 g/mol. The molecule has 0 saturated carbocycles. The van der Waals surface area contributed by atoms with Gasteiger partial charge in [-0.1, -0.05) is 6.42 Å². The van der Waals surface area contributed by atoms with Gasteiger partial charge in [0.2, 0.25) is 10.0 Å². The van der Waals surface area contributed by atoms with Gasteiger partial charge in [-0.15, -0.1) is 0 Å². The maximum atomic E-state index is 13.7. The third kappa shape index (κ3) is 4.36. The zero-order chi connectivity index (χ0) is 15.5. The molecule has 1 aliphatic heterocycles. The van der Waals surface area contributed by atoms with Crippen LogP contribution in [0, 0.1) is 11.6 Å². The summed E-state index contributed by atoms with van der Waals surface area (Å²) in [6, 6.07) is 1.32. The summed E-state index contributed by atoms with van der Waals surface area (Å²) in [6.45, 7) is 2.63. The van der Waals surface area contributed by atoms with Crippen LogP contribution in [0.15, 0.2) is 17.0 Å². The molecule has 1 aromatic carbocycles. The van der Waals surface area contributed by atoms with E-state index >= 15 is 0 Å². The number of primary sulfonamides is 1. The Morgan fingerprint density at radius 1 is 1.14 bits per heavy atom. The van der Waals surface area contributed by atoms with Crippen LogP contribution in [-0.4, -0.2) is 39.6 Å². The quantitative estimate of drug-likeness (QED) is 0.892. The second kappa shape index (κ2) is 6.67. The normalized spacial score (nSPS) is 16.9. The van der Waals surface area contributed by atoms with Crippen LogP contribution in [0.1, 0.15) is 19.3 Å². The summed E-state index contributed by atoms with van der Waals surface area (Å²) in [5, 5.41) is 4.83. The molecule has 1 saturated heterocycles. The first-order valence-electron chi connectivity index (χ1n) is 6.75. The van der Waals surface area contributed by atoms with Crippen LogP contribution in [0.2, 0.25) is 0 Å². The smallest absolute Gasteiger partial charge is 0.238 e. The van der Waals surface area contributed by atoms with Gasteiger partial charge >= 0.3 is 0 Å². The average molecular weight is 320 g/mol. The number of hydrogen-bond donors (Lipinski definition) is 1. The van der Waals surface area contributed by atoms with E-state index in [2.05, 4.69) is 4.90 Å². The molecule has 0 spiro atoms. The number of benzene rings is 1. The van der Waals surface area contributed by atoms with E-state index in [1.807, 2.05) is 0 Å². The van der Waals surface area contributed by atoms with Crippen LogP contribution in [0.3, 0.4) is 0 Å². The maximum absolute atomic E-state index is 13.7. The maximum Gasteiger partial charge on any atom is 0.238 e. The fraction of sp³-hybridized carbons (Fsp3) is 0.538. The second-order valence-corrected chi connectivity index (χ2v) is 6.57. The van der Waals surface area contributed by atoms with Crippen molar-refractivity contribution in [2.45, 2.75) is 24.2 Å². The lowest BCUT2D eigenvalue weighted by Crippen LogP contribution is -2.33. The number of likely N-dealkylation sites (tertiary alicyclic amines) is 1. The fourth-order valence-electron chi connectivity index (χ4n) is 2.30. The standard InChI is InChI=1S/C13H18F2N2O3S/c14-11-8-10(21(16,18)19)9-12(15)13(11)20-7-6-17-4-2-1-3-5-17/h8-9H,1-7H2,(H2,16,18,19). The highest BCUT2D eigenvalue weighted by Gasteiger charge is 2.18. The number of halogens is 2. The van der Waals surface area contributed by atoms with Gasteiger partial charge in [-0.2, -0.15) is 0 Å². The minimum Gasteiger partial charge on any atom is -0.486 e. The van der Waals surface area contributed by atoms with E-state index in [0.717, 1.165) is 25.9 Å². The van der Waals surface area contributed by atoms with Crippen molar-refractivity contribution in [3.05, 3.63) is 23.8 Å². The van der Waals surface area contributed by atoms with E-state index in [0.29, 0.717) is 18.7 Å². The molecule has 1 fully saturated rings. The molecule has 1 aliphatic rings. The first-order valence-corrected chi connectivity index (χ1v) is 8.29. The fourth-order valence-corrected chi connectivity index (χ4v) is 2.83. The number of piperidine rings is 1. The van der Waals surface area contributed by atoms with Crippen molar-refractivity contribution >= 4 is 10.0 Å². The van der Waals surface area contributed by atoms with Gasteiger partial charge in [0.05, 0.1) is 4.90 Å². The largest absolute Gasteiger partial charge is 0.486 e. The van der Waals surface area contributed by atoms with Gasteiger partial charge in [-0.25, -0.2) is 22.3 Å². The third-order valence-electron chi connectivity index (χ3n) is 3.40. The number of hydrogen-bond acceptors (Lipinski definition) is 4. The van der Waals surface area contributed by atoms with Crippen LogP contribution >= 0.6 is 0 Å². The summed E-state index contributed by atoms with van der Waals surface area (Å²) in [6.07, 6.45) is 3.44. The van der Waals surface area contributed by atoms with E-state index in [-0.39, 0.29) is 6.61 Å². The van der Waals surface area contributed by atoms with E-state index < -0.39 is 32.3 Å². The molecule has 1 heterocycles. The van der Waals surface area contributed by atoms with Gasteiger partial charge in [0.1, 0.15) is 6.61 Å².